The molecule has 128 valence electrons. The number of halogens is 1. The molecule has 0 bridgehead atoms. The molecule has 2 heterocycles. The minimum Gasteiger partial charge on any atom is -0.348 e. The Bertz CT molecular complexity index is 903. The summed E-state index contributed by atoms with van der Waals surface area (Å²) in [6, 6.07) is 7.71. The Labute approximate surface area is 140 Å². The van der Waals surface area contributed by atoms with Crippen molar-refractivity contribution < 1.29 is 17.6 Å². The van der Waals surface area contributed by atoms with Crippen molar-refractivity contribution in [3.8, 4) is 5.69 Å². The van der Waals surface area contributed by atoms with Crippen LogP contribution in [0, 0.1) is 19.7 Å². The Morgan fingerprint density at radius 2 is 2.00 bits per heavy atom. The Morgan fingerprint density at radius 3 is 2.62 bits per heavy atom. The number of aryl methyl sites for hydroxylation is 1. The van der Waals surface area contributed by atoms with Crippen molar-refractivity contribution in [3.05, 3.63) is 53.1 Å². The van der Waals surface area contributed by atoms with Gasteiger partial charge in [-0.3, -0.25) is 4.79 Å². The zero-order chi connectivity index (χ0) is 17.5. The molecule has 5 nitrogen and oxygen atoms in total. The number of hydrogen-bond acceptors (Lipinski definition) is 3. The lowest BCUT2D eigenvalue weighted by atomic mass is 10.2. The summed E-state index contributed by atoms with van der Waals surface area (Å²) < 4.78 is 38.8. The fraction of sp³-hybridized carbons (Fsp3) is 0.353. The smallest absolute Gasteiger partial charge is 0.253 e. The average Bonchev–Trinajstić information content (AvgIpc) is 2.99. The lowest BCUT2D eigenvalue weighted by Crippen LogP contribution is -2.35. The van der Waals surface area contributed by atoms with E-state index in [2.05, 4.69) is 5.32 Å². The van der Waals surface area contributed by atoms with E-state index in [1.54, 1.807) is 42.7 Å². The fourth-order valence-corrected chi connectivity index (χ4v) is 4.84. The number of nitrogens with one attached hydrogen (secondary N) is 1. The minimum absolute atomic E-state index is 0.0230. The van der Waals surface area contributed by atoms with Gasteiger partial charge in [0.1, 0.15) is 5.82 Å². The van der Waals surface area contributed by atoms with Gasteiger partial charge < -0.3 is 9.88 Å². The number of sulfone groups is 1. The van der Waals surface area contributed by atoms with Gasteiger partial charge in [0.15, 0.2) is 9.84 Å². The van der Waals surface area contributed by atoms with Gasteiger partial charge in [0, 0.05) is 17.4 Å². The second kappa shape index (κ2) is 6.05. The molecule has 7 heteroatoms. The van der Waals surface area contributed by atoms with Gasteiger partial charge in [-0.1, -0.05) is 12.1 Å². The van der Waals surface area contributed by atoms with Crippen molar-refractivity contribution in [1.29, 1.82) is 0 Å². The predicted octanol–water partition coefficient (Wildman–Crippen LogP) is 2.15. The van der Waals surface area contributed by atoms with E-state index in [4.69, 9.17) is 0 Å². The first kappa shape index (κ1) is 16.7. The number of benzene rings is 1. The van der Waals surface area contributed by atoms with Gasteiger partial charge in [0.2, 0.25) is 0 Å². The van der Waals surface area contributed by atoms with Gasteiger partial charge in [-0.05, 0) is 38.5 Å². The summed E-state index contributed by atoms with van der Waals surface area (Å²) in [5.41, 5.74) is 2.17. The average molecular weight is 350 g/mol. The zero-order valence-corrected chi connectivity index (χ0v) is 14.4. The van der Waals surface area contributed by atoms with Gasteiger partial charge in [0.25, 0.3) is 5.91 Å². The molecule has 1 aromatic carbocycles. The molecule has 0 saturated carbocycles. The molecule has 1 saturated heterocycles. The summed E-state index contributed by atoms with van der Waals surface area (Å²) in [4.78, 5) is 12.5. The third-order valence-corrected chi connectivity index (χ3v) is 6.10. The van der Waals surface area contributed by atoms with Gasteiger partial charge in [-0.2, -0.15) is 0 Å². The van der Waals surface area contributed by atoms with Crippen molar-refractivity contribution in [2.75, 3.05) is 11.5 Å². The summed E-state index contributed by atoms with van der Waals surface area (Å²) in [6.07, 6.45) is 0.431. The number of aromatic nitrogens is 1. The number of nitrogens with zero attached hydrogens (tertiary/aromatic N) is 1. The van der Waals surface area contributed by atoms with Gasteiger partial charge in [-0.25, -0.2) is 12.8 Å². The fourth-order valence-electron chi connectivity index (χ4n) is 3.17. The number of para-hydroxylation sites is 1. The highest BCUT2D eigenvalue weighted by molar-refractivity contribution is 7.91. The van der Waals surface area contributed by atoms with Crippen molar-refractivity contribution in [1.82, 2.24) is 9.88 Å². The third-order valence-electron chi connectivity index (χ3n) is 4.34. The number of amides is 1. The van der Waals surface area contributed by atoms with E-state index < -0.39 is 9.84 Å². The van der Waals surface area contributed by atoms with E-state index in [1.165, 1.54) is 6.07 Å². The van der Waals surface area contributed by atoms with Crippen LogP contribution in [0.15, 0.2) is 30.3 Å². The van der Waals surface area contributed by atoms with Crippen LogP contribution in [0.1, 0.15) is 28.2 Å². The summed E-state index contributed by atoms with van der Waals surface area (Å²) in [5.74, 6) is -0.613. The number of carbonyl (C=O) groups excluding carboxylic acids is 1. The lowest BCUT2D eigenvalue weighted by molar-refractivity contribution is 0.0940. The molecule has 1 N–H and O–H groups in total. The van der Waals surface area contributed by atoms with Crippen LogP contribution in [0.3, 0.4) is 0 Å². The SMILES string of the molecule is Cc1cc(C(=O)N[C@@H]2CCS(=O)(=O)C2)c(C)n1-c1ccccc1F. The summed E-state index contributed by atoms with van der Waals surface area (Å²) in [5, 5.41) is 2.77. The van der Waals surface area contributed by atoms with Crippen LogP contribution in [-0.4, -0.2) is 36.4 Å². The van der Waals surface area contributed by atoms with Crippen molar-refractivity contribution in [3.63, 3.8) is 0 Å². The molecule has 1 amide bonds. The maximum Gasteiger partial charge on any atom is 0.253 e. The molecular weight excluding hydrogens is 331 g/mol. The minimum atomic E-state index is -3.05. The predicted molar refractivity (Wildman–Crippen MR) is 89.7 cm³/mol. The van der Waals surface area contributed by atoms with E-state index in [-0.39, 0.29) is 29.3 Å². The van der Waals surface area contributed by atoms with E-state index >= 15 is 0 Å². The Morgan fingerprint density at radius 1 is 1.29 bits per heavy atom. The summed E-state index contributed by atoms with van der Waals surface area (Å²) >= 11 is 0. The largest absolute Gasteiger partial charge is 0.348 e. The van der Waals surface area contributed by atoms with E-state index in [1.807, 2.05) is 0 Å². The molecular formula is C17H19FN2O3S. The van der Waals surface area contributed by atoms with Gasteiger partial charge in [-0.15, -0.1) is 0 Å². The third kappa shape index (κ3) is 3.08. The monoisotopic (exact) mass is 350 g/mol. The van der Waals surface area contributed by atoms with Crippen molar-refractivity contribution in [2.45, 2.75) is 26.3 Å². The molecule has 1 atom stereocenters. The maximum absolute atomic E-state index is 14.1. The molecule has 0 aliphatic carbocycles. The highest BCUT2D eigenvalue weighted by Crippen LogP contribution is 2.23. The molecule has 2 aromatic rings. The highest BCUT2D eigenvalue weighted by Gasteiger charge is 2.30. The summed E-state index contributed by atoms with van der Waals surface area (Å²) in [7, 11) is -3.05. The van der Waals surface area contributed by atoms with Crippen molar-refractivity contribution >= 4 is 15.7 Å². The standard InChI is InChI=1S/C17H19FN2O3S/c1-11-9-14(17(21)19-13-7-8-24(22,23)10-13)12(2)20(11)16-6-4-3-5-15(16)18/h3-6,9,13H,7-8,10H2,1-2H3,(H,19,21)/t13-/m1/s1. The van der Waals surface area contributed by atoms with Gasteiger partial charge >= 0.3 is 0 Å². The molecule has 0 unspecified atom stereocenters. The van der Waals surface area contributed by atoms with Crippen molar-refractivity contribution in [2.24, 2.45) is 0 Å². The molecule has 1 aliphatic heterocycles. The normalized spacial score (nSPS) is 19.4. The lowest BCUT2D eigenvalue weighted by Gasteiger charge is -2.12. The van der Waals surface area contributed by atoms with Crippen LogP contribution in [0.25, 0.3) is 5.69 Å². The van der Waals surface area contributed by atoms with Crippen LogP contribution in [-0.2, 0) is 9.84 Å². The first-order valence-corrected chi connectivity index (χ1v) is 9.56. The molecule has 1 aliphatic rings. The second-order valence-electron chi connectivity index (χ2n) is 6.15. The quantitative estimate of drug-likeness (QED) is 0.922. The second-order valence-corrected chi connectivity index (χ2v) is 8.37. The number of rotatable bonds is 3. The maximum atomic E-state index is 14.1. The summed E-state index contributed by atoms with van der Waals surface area (Å²) in [6.45, 7) is 3.55. The number of carbonyl (C=O) groups is 1. The van der Waals surface area contributed by atoms with Crippen LogP contribution >= 0.6 is 0 Å². The highest BCUT2D eigenvalue weighted by atomic mass is 32.2. The topological polar surface area (TPSA) is 68.2 Å². The molecule has 0 spiro atoms. The molecule has 1 aromatic heterocycles. The first-order chi connectivity index (χ1) is 11.3. The first-order valence-electron chi connectivity index (χ1n) is 7.73. The molecule has 0 radical (unpaired) electrons. The van der Waals surface area contributed by atoms with Crippen LogP contribution in [0.4, 0.5) is 4.39 Å². The van der Waals surface area contributed by atoms with Crippen LogP contribution in [0.5, 0.6) is 0 Å². The zero-order valence-electron chi connectivity index (χ0n) is 13.5. The van der Waals surface area contributed by atoms with E-state index in [0.717, 1.165) is 5.69 Å². The Hall–Kier alpha value is -2.15. The van der Waals surface area contributed by atoms with E-state index in [9.17, 15) is 17.6 Å². The number of hydrogen-bond donors (Lipinski definition) is 1. The van der Waals surface area contributed by atoms with Crippen LogP contribution in [0.2, 0.25) is 0 Å². The Balaban J connectivity index is 1.89. The molecule has 24 heavy (non-hydrogen) atoms. The molecule has 3 rings (SSSR count). The Kier molecular flexibility index (Phi) is 4.21. The molecule has 1 fully saturated rings. The van der Waals surface area contributed by atoms with Gasteiger partial charge in [0.05, 0.1) is 22.8 Å². The van der Waals surface area contributed by atoms with Crippen LogP contribution < -0.4 is 5.32 Å². The van der Waals surface area contributed by atoms with E-state index in [0.29, 0.717) is 23.4 Å².